The lowest BCUT2D eigenvalue weighted by Crippen LogP contribution is -2.47. The third-order valence-electron chi connectivity index (χ3n) is 4.51. The van der Waals surface area contributed by atoms with E-state index < -0.39 is 11.6 Å². The van der Waals surface area contributed by atoms with E-state index in [0.29, 0.717) is 11.9 Å². The second-order valence-corrected chi connectivity index (χ2v) is 7.60. The fraction of sp³-hybridized carbons (Fsp3) is 0.632. The first kappa shape index (κ1) is 19.6. The van der Waals surface area contributed by atoms with E-state index in [1.54, 1.807) is 7.05 Å². The molecule has 0 aromatic heterocycles. The molecule has 2 N–H and O–H groups in total. The largest absolute Gasteiger partial charge is 0.377 e. The van der Waals surface area contributed by atoms with Gasteiger partial charge in [-0.1, -0.05) is 20.8 Å². The Kier molecular flexibility index (Phi) is 6.76. The maximum atomic E-state index is 13.7. The summed E-state index contributed by atoms with van der Waals surface area (Å²) < 4.78 is 32.9. The highest BCUT2D eigenvalue weighted by Crippen LogP contribution is 2.33. The van der Waals surface area contributed by atoms with Gasteiger partial charge in [-0.3, -0.25) is 4.99 Å². The van der Waals surface area contributed by atoms with Crippen molar-refractivity contribution in [2.45, 2.75) is 46.3 Å². The van der Waals surface area contributed by atoms with Crippen LogP contribution in [-0.4, -0.2) is 32.3 Å². The van der Waals surface area contributed by atoms with Gasteiger partial charge in [0, 0.05) is 38.2 Å². The summed E-state index contributed by atoms with van der Waals surface area (Å²) in [5, 5.41) is 6.33. The molecule has 2 unspecified atom stereocenters. The highest BCUT2D eigenvalue weighted by molar-refractivity contribution is 5.79. The smallest absolute Gasteiger partial charge is 0.191 e. The highest BCUT2D eigenvalue weighted by atomic mass is 19.1. The number of rotatable bonds is 4. The molecule has 1 saturated heterocycles. The number of nitrogens with one attached hydrogen (secondary N) is 2. The quantitative estimate of drug-likeness (QED) is 0.644. The summed E-state index contributed by atoms with van der Waals surface area (Å²) in [5.41, 5.74) is 0.352. The Bertz CT molecular complexity index is 599. The molecule has 25 heavy (non-hydrogen) atoms. The van der Waals surface area contributed by atoms with Crippen molar-refractivity contribution in [2.24, 2.45) is 16.3 Å². The van der Waals surface area contributed by atoms with Crippen LogP contribution in [0.5, 0.6) is 0 Å². The second kappa shape index (κ2) is 8.61. The Balaban J connectivity index is 1.90. The van der Waals surface area contributed by atoms with Crippen LogP contribution >= 0.6 is 0 Å². The van der Waals surface area contributed by atoms with E-state index in [-0.39, 0.29) is 23.6 Å². The number of halogens is 2. The molecule has 1 aromatic rings. The van der Waals surface area contributed by atoms with Crippen molar-refractivity contribution in [1.82, 2.24) is 10.6 Å². The number of ether oxygens (including phenoxy) is 1. The van der Waals surface area contributed by atoms with E-state index >= 15 is 0 Å². The molecule has 1 heterocycles. The van der Waals surface area contributed by atoms with Crippen molar-refractivity contribution in [2.75, 3.05) is 20.2 Å². The van der Waals surface area contributed by atoms with Crippen molar-refractivity contribution in [3.63, 3.8) is 0 Å². The molecule has 6 heteroatoms. The van der Waals surface area contributed by atoms with Crippen LogP contribution in [0.4, 0.5) is 8.78 Å². The van der Waals surface area contributed by atoms with Crippen LogP contribution in [0.2, 0.25) is 0 Å². The van der Waals surface area contributed by atoms with Gasteiger partial charge in [0.1, 0.15) is 11.6 Å². The fourth-order valence-corrected chi connectivity index (χ4v) is 3.32. The number of guanidine groups is 1. The van der Waals surface area contributed by atoms with Gasteiger partial charge in [-0.05, 0) is 36.5 Å². The monoisotopic (exact) mass is 353 g/mol. The first-order valence-electron chi connectivity index (χ1n) is 8.81. The lowest BCUT2D eigenvalue weighted by atomic mass is 9.78. The minimum absolute atomic E-state index is 0.0778. The molecular formula is C19H29F2N3O. The zero-order chi connectivity index (χ0) is 18.4. The molecule has 0 spiro atoms. The van der Waals surface area contributed by atoms with Crippen LogP contribution in [0.15, 0.2) is 23.2 Å². The summed E-state index contributed by atoms with van der Waals surface area (Å²) in [6.07, 6.45) is 2.34. The van der Waals surface area contributed by atoms with Gasteiger partial charge in [0.05, 0.1) is 6.10 Å². The summed E-state index contributed by atoms with van der Waals surface area (Å²) in [5.74, 6) is 0.0754. The molecule has 2 rings (SSSR count). The summed E-state index contributed by atoms with van der Waals surface area (Å²) in [7, 11) is 1.66. The Morgan fingerprint density at radius 1 is 1.28 bits per heavy atom. The van der Waals surface area contributed by atoms with Crippen LogP contribution < -0.4 is 10.6 Å². The van der Waals surface area contributed by atoms with Gasteiger partial charge in [0.15, 0.2) is 5.96 Å². The fourth-order valence-electron chi connectivity index (χ4n) is 3.32. The minimum atomic E-state index is -0.450. The van der Waals surface area contributed by atoms with Crippen LogP contribution in [0, 0.1) is 23.0 Å². The van der Waals surface area contributed by atoms with E-state index in [4.69, 9.17) is 4.74 Å². The van der Waals surface area contributed by atoms with Crippen molar-refractivity contribution in [3.05, 3.63) is 35.4 Å². The number of hydrogen-bond acceptors (Lipinski definition) is 2. The Labute approximate surface area is 149 Å². The van der Waals surface area contributed by atoms with Gasteiger partial charge in [0.2, 0.25) is 0 Å². The first-order chi connectivity index (χ1) is 11.8. The molecule has 0 radical (unpaired) electrons. The number of aliphatic imine (C=N–C) groups is 1. The van der Waals surface area contributed by atoms with Crippen molar-refractivity contribution < 1.29 is 13.5 Å². The predicted octanol–water partition coefficient (Wildman–Crippen LogP) is 3.47. The summed E-state index contributed by atoms with van der Waals surface area (Å²) in [6, 6.07) is 3.44. The normalized spacial score (nSPS) is 21.9. The van der Waals surface area contributed by atoms with Gasteiger partial charge in [-0.2, -0.15) is 0 Å². The molecule has 0 bridgehead atoms. The summed E-state index contributed by atoms with van der Waals surface area (Å²) in [6.45, 7) is 8.28. The third kappa shape index (κ3) is 5.66. The van der Waals surface area contributed by atoms with Gasteiger partial charge in [-0.15, -0.1) is 0 Å². The van der Waals surface area contributed by atoms with E-state index in [1.165, 1.54) is 6.07 Å². The summed E-state index contributed by atoms with van der Waals surface area (Å²) >= 11 is 0. The van der Waals surface area contributed by atoms with Crippen molar-refractivity contribution in [3.8, 4) is 0 Å². The van der Waals surface area contributed by atoms with Crippen molar-refractivity contribution in [1.29, 1.82) is 0 Å². The molecule has 0 saturated carbocycles. The average molecular weight is 353 g/mol. The number of nitrogens with zero attached hydrogens (tertiary/aromatic N) is 1. The molecule has 1 aromatic carbocycles. The number of hydrogen-bond donors (Lipinski definition) is 2. The lowest BCUT2D eigenvalue weighted by molar-refractivity contribution is -0.0835. The second-order valence-electron chi connectivity index (χ2n) is 7.60. The van der Waals surface area contributed by atoms with Gasteiger partial charge >= 0.3 is 0 Å². The molecule has 1 fully saturated rings. The topological polar surface area (TPSA) is 45.7 Å². The predicted molar refractivity (Wildman–Crippen MR) is 96.5 cm³/mol. The van der Waals surface area contributed by atoms with Crippen LogP contribution in [0.1, 0.15) is 39.2 Å². The lowest BCUT2D eigenvalue weighted by Gasteiger charge is -2.40. The molecule has 2 atom stereocenters. The standard InChI is InChI=1S/C19H29F2N3O/c1-19(2,3)17-13(6-5-9-25-17)11-23-18(22-4)24-12-14-10-15(20)7-8-16(14)21/h7-8,10,13,17H,5-6,9,11-12H2,1-4H3,(H2,22,23,24). The molecule has 4 nitrogen and oxygen atoms in total. The zero-order valence-electron chi connectivity index (χ0n) is 15.5. The maximum Gasteiger partial charge on any atom is 0.191 e. The van der Waals surface area contributed by atoms with Crippen LogP contribution in [-0.2, 0) is 11.3 Å². The molecule has 1 aliphatic rings. The van der Waals surface area contributed by atoms with E-state index in [1.807, 2.05) is 0 Å². The zero-order valence-corrected chi connectivity index (χ0v) is 15.5. The molecule has 0 amide bonds. The van der Waals surface area contributed by atoms with Gasteiger partial charge in [-0.25, -0.2) is 8.78 Å². The highest BCUT2D eigenvalue weighted by Gasteiger charge is 2.35. The third-order valence-corrected chi connectivity index (χ3v) is 4.51. The molecule has 0 aliphatic carbocycles. The van der Waals surface area contributed by atoms with E-state index in [0.717, 1.165) is 38.1 Å². The Morgan fingerprint density at radius 3 is 2.72 bits per heavy atom. The van der Waals surface area contributed by atoms with Crippen LogP contribution in [0.25, 0.3) is 0 Å². The Morgan fingerprint density at radius 2 is 2.04 bits per heavy atom. The van der Waals surface area contributed by atoms with E-state index in [9.17, 15) is 8.78 Å². The average Bonchev–Trinajstić information content (AvgIpc) is 2.57. The molecule has 1 aliphatic heterocycles. The Hall–Kier alpha value is -1.69. The first-order valence-corrected chi connectivity index (χ1v) is 8.81. The van der Waals surface area contributed by atoms with Crippen molar-refractivity contribution >= 4 is 5.96 Å². The maximum absolute atomic E-state index is 13.7. The molecule has 140 valence electrons. The minimum Gasteiger partial charge on any atom is -0.377 e. The SMILES string of the molecule is CN=C(NCc1cc(F)ccc1F)NCC1CCCOC1C(C)(C)C. The van der Waals surface area contributed by atoms with Gasteiger partial charge < -0.3 is 15.4 Å². The van der Waals surface area contributed by atoms with Crippen LogP contribution in [0.3, 0.4) is 0 Å². The molecular weight excluding hydrogens is 324 g/mol. The summed E-state index contributed by atoms with van der Waals surface area (Å²) in [4.78, 5) is 4.16. The van der Waals surface area contributed by atoms with Gasteiger partial charge in [0.25, 0.3) is 0 Å². The van der Waals surface area contributed by atoms with E-state index in [2.05, 4.69) is 36.4 Å². The number of benzene rings is 1.